The van der Waals surface area contributed by atoms with Gasteiger partial charge in [0.25, 0.3) is 0 Å². The van der Waals surface area contributed by atoms with Crippen LogP contribution in [-0.2, 0) is 0 Å². The number of benzene rings is 2. The van der Waals surface area contributed by atoms with Crippen molar-refractivity contribution in [2.24, 2.45) is 0 Å². The van der Waals surface area contributed by atoms with E-state index in [1.165, 1.54) is 18.8 Å². The second-order valence-electron chi connectivity index (χ2n) is 7.55. The van der Waals surface area contributed by atoms with Crippen LogP contribution in [0.5, 0.6) is 11.8 Å². The van der Waals surface area contributed by atoms with E-state index < -0.39 is 29.2 Å². The topological polar surface area (TPSA) is 92.3 Å². The third kappa shape index (κ3) is 5.17. The van der Waals surface area contributed by atoms with E-state index in [1.54, 1.807) is 23.5 Å². The summed E-state index contributed by atoms with van der Waals surface area (Å²) < 4.78 is 46.0. The van der Waals surface area contributed by atoms with Crippen LogP contribution in [0.3, 0.4) is 0 Å². The lowest BCUT2D eigenvalue weighted by Crippen LogP contribution is -2.36. The van der Waals surface area contributed by atoms with Crippen molar-refractivity contribution in [2.75, 3.05) is 28.6 Å². The van der Waals surface area contributed by atoms with Crippen LogP contribution in [0.25, 0.3) is 10.4 Å². The summed E-state index contributed by atoms with van der Waals surface area (Å²) in [6.07, 6.45) is 5.59. The van der Waals surface area contributed by atoms with Crippen LogP contribution in [0.15, 0.2) is 55.0 Å². The van der Waals surface area contributed by atoms with Crippen molar-refractivity contribution in [2.45, 2.75) is 6.42 Å². The van der Waals surface area contributed by atoms with Gasteiger partial charge in [0.2, 0.25) is 0 Å². The first-order valence-electron chi connectivity index (χ1n) is 10.5. The van der Waals surface area contributed by atoms with Crippen molar-refractivity contribution >= 4 is 33.9 Å². The van der Waals surface area contributed by atoms with Crippen LogP contribution in [0, 0.1) is 17.5 Å². The van der Waals surface area contributed by atoms with Gasteiger partial charge in [-0.05, 0) is 36.2 Å². The highest BCUT2D eigenvalue weighted by atomic mass is 32.1. The van der Waals surface area contributed by atoms with Gasteiger partial charge in [0.15, 0.2) is 16.8 Å². The summed E-state index contributed by atoms with van der Waals surface area (Å²) in [6.45, 7) is 2.09. The highest BCUT2D eigenvalue weighted by molar-refractivity contribution is 7.18. The number of urea groups is 1. The molecule has 1 aliphatic rings. The van der Waals surface area contributed by atoms with E-state index >= 15 is 0 Å². The fourth-order valence-corrected chi connectivity index (χ4v) is 4.19. The maximum Gasteiger partial charge on any atom is 0.323 e. The van der Waals surface area contributed by atoms with Crippen LogP contribution in [-0.4, -0.2) is 34.1 Å². The highest BCUT2D eigenvalue weighted by Crippen LogP contribution is 2.34. The first kappa shape index (κ1) is 22.6. The summed E-state index contributed by atoms with van der Waals surface area (Å²) in [4.78, 5) is 27.8. The van der Waals surface area contributed by atoms with E-state index in [4.69, 9.17) is 4.74 Å². The molecule has 0 bridgehead atoms. The van der Waals surface area contributed by atoms with Crippen molar-refractivity contribution in [3.8, 4) is 22.2 Å². The summed E-state index contributed by atoms with van der Waals surface area (Å²) in [6, 6.07) is 7.40. The molecule has 1 saturated heterocycles. The number of ether oxygens (including phenoxy) is 1. The second kappa shape index (κ2) is 9.58. The van der Waals surface area contributed by atoms with Crippen LogP contribution in [0.1, 0.15) is 6.42 Å². The number of anilines is 3. The van der Waals surface area contributed by atoms with Gasteiger partial charge in [-0.2, -0.15) is 0 Å². The van der Waals surface area contributed by atoms with Crippen LogP contribution >= 0.6 is 11.3 Å². The Hall–Kier alpha value is -4.19. The van der Waals surface area contributed by atoms with Gasteiger partial charge in [-0.15, -0.1) is 0 Å². The van der Waals surface area contributed by atoms with E-state index in [0.29, 0.717) is 17.9 Å². The van der Waals surface area contributed by atoms with Crippen LogP contribution < -0.4 is 20.3 Å². The first-order chi connectivity index (χ1) is 16.9. The highest BCUT2D eigenvalue weighted by Gasteiger charge is 2.18. The zero-order valence-electron chi connectivity index (χ0n) is 18.0. The van der Waals surface area contributed by atoms with Crippen molar-refractivity contribution in [1.29, 1.82) is 0 Å². The molecule has 2 amide bonds. The van der Waals surface area contributed by atoms with Crippen molar-refractivity contribution in [3.63, 3.8) is 0 Å². The summed E-state index contributed by atoms with van der Waals surface area (Å²) in [5.41, 5.74) is 0.391. The van der Waals surface area contributed by atoms with Crippen molar-refractivity contribution in [1.82, 2.24) is 15.0 Å². The molecule has 178 valence electrons. The molecular formula is C23H17F3N6O2S. The Kier molecular flexibility index (Phi) is 6.19. The quantitative estimate of drug-likeness (QED) is 0.356. The molecule has 5 rings (SSSR count). The fraction of sp³-hybridized carbons (Fsp3) is 0.130. The molecule has 0 aliphatic carbocycles. The Morgan fingerprint density at radius 2 is 1.63 bits per heavy atom. The number of carbonyl (C=O) groups excluding carboxylic acids is 1. The Balaban J connectivity index is 1.18. The molecule has 35 heavy (non-hydrogen) atoms. The van der Waals surface area contributed by atoms with Gasteiger partial charge in [-0.3, -0.25) is 0 Å². The monoisotopic (exact) mass is 498 g/mol. The van der Waals surface area contributed by atoms with Crippen LogP contribution in [0.2, 0.25) is 0 Å². The summed E-state index contributed by atoms with van der Waals surface area (Å²) in [5, 5.41) is 5.33. The lowest BCUT2D eigenvalue weighted by atomic mass is 10.2. The molecule has 2 aromatic heterocycles. The number of hydrogen-bond donors (Lipinski definition) is 2. The first-order valence-corrected chi connectivity index (χ1v) is 11.3. The van der Waals surface area contributed by atoms with E-state index in [9.17, 15) is 18.0 Å². The molecule has 2 aromatic carbocycles. The molecule has 2 N–H and O–H groups in total. The Morgan fingerprint density at radius 1 is 0.943 bits per heavy atom. The molecule has 8 nitrogen and oxygen atoms in total. The van der Waals surface area contributed by atoms with Crippen molar-refractivity contribution in [3.05, 3.63) is 72.4 Å². The second-order valence-corrected chi connectivity index (χ2v) is 8.56. The average Bonchev–Trinajstić information content (AvgIpc) is 3.26. The predicted octanol–water partition coefficient (Wildman–Crippen LogP) is 5.66. The predicted molar refractivity (Wildman–Crippen MR) is 125 cm³/mol. The maximum absolute atomic E-state index is 13.7. The van der Waals surface area contributed by atoms with Gasteiger partial charge in [-0.25, -0.2) is 32.9 Å². The zero-order chi connectivity index (χ0) is 24.4. The third-order valence-corrected chi connectivity index (χ3v) is 6.21. The number of amides is 2. The van der Waals surface area contributed by atoms with Gasteiger partial charge >= 0.3 is 12.0 Å². The smallest absolute Gasteiger partial charge is 0.323 e. The molecule has 1 aliphatic heterocycles. The number of halogens is 3. The standard InChI is InChI=1S/C23H17F3N6O2S/c24-14-8-17(25)20(18(26)9-14)31-21(33)30-15-10-27-22(28-11-15)34-16-4-2-13(3-5-16)19-12-29-23(35-19)32-6-1-7-32/h2-5,8-12H,1,6-7H2,(H2,30,31,33). The van der Waals surface area contributed by atoms with Gasteiger partial charge < -0.3 is 20.3 Å². The third-order valence-electron chi connectivity index (χ3n) is 5.10. The molecule has 0 saturated carbocycles. The number of nitrogens with one attached hydrogen (secondary N) is 2. The lowest BCUT2D eigenvalue weighted by molar-refractivity contribution is 0.262. The largest absolute Gasteiger partial charge is 0.424 e. The normalized spacial score (nSPS) is 12.7. The summed E-state index contributed by atoms with van der Waals surface area (Å²) in [7, 11) is 0. The zero-order valence-corrected chi connectivity index (χ0v) is 18.8. The van der Waals surface area contributed by atoms with Gasteiger partial charge in [0.05, 0.1) is 23.0 Å². The molecular weight excluding hydrogens is 481 g/mol. The van der Waals surface area contributed by atoms with Crippen LogP contribution in [0.4, 0.5) is 34.5 Å². The van der Waals surface area contributed by atoms with E-state index in [0.717, 1.165) is 28.7 Å². The Morgan fingerprint density at radius 3 is 2.26 bits per heavy atom. The molecule has 4 aromatic rings. The molecule has 0 radical (unpaired) electrons. The summed E-state index contributed by atoms with van der Waals surface area (Å²) in [5.74, 6) is -3.06. The number of thiazole rings is 1. The van der Waals surface area contributed by atoms with Gasteiger partial charge in [-0.1, -0.05) is 11.3 Å². The maximum atomic E-state index is 13.7. The Bertz CT molecular complexity index is 1340. The molecule has 0 atom stereocenters. The van der Waals surface area contributed by atoms with E-state index in [2.05, 4.69) is 25.2 Å². The minimum absolute atomic E-state index is 0.0391. The molecule has 1 fully saturated rings. The number of rotatable bonds is 6. The number of hydrogen-bond acceptors (Lipinski definition) is 7. The molecule has 12 heteroatoms. The molecule has 0 spiro atoms. The summed E-state index contributed by atoms with van der Waals surface area (Å²) >= 11 is 1.64. The fourth-order valence-electron chi connectivity index (χ4n) is 3.22. The SMILES string of the molecule is O=C(Nc1cnc(Oc2ccc(-c3cnc(N4CCC4)s3)cc2)nc1)Nc1c(F)cc(F)cc1F. The lowest BCUT2D eigenvalue weighted by Gasteiger charge is -2.30. The minimum Gasteiger partial charge on any atom is -0.424 e. The number of aromatic nitrogens is 3. The molecule has 0 unspecified atom stereocenters. The van der Waals surface area contributed by atoms with Crippen molar-refractivity contribution < 1.29 is 22.7 Å². The van der Waals surface area contributed by atoms with E-state index in [1.807, 2.05) is 23.6 Å². The number of nitrogens with zero attached hydrogens (tertiary/aromatic N) is 4. The number of carbonyl (C=O) groups is 1. The average molecular weight is 498 g/mol. The van der Waals surface area contributed by atoms with E-state index in [-0.39, 0.29) is 11.7 Å². The van der Waals surface area contributed by atoms with Gasteiger partial charge in [0.1, 0.15) is 17.3 Å². The Labute approximate surface area is 201 Å². The van der Waals surface area contributed by atoms with Gasteiger partial charge in [0, 0.05) is 31.4 Å². The minimum atomic E-state index is -1.24. The molecule has 3 heterocycles.